The van der Waals surface area contributed by atoms with Gasteiger partial charge >= 0.3 is 17.9 Å². The molecule has 422 valence electrons. The molecule has 0 radical (unpaired) electrons. The molecule has 0 aliphatic rings. The fraction of sp³-hybridized carbons (Fsp3) is 0.954. The van der Waals surface area contributed by atoms with Gasteiger partial charge in [-0.15, -0.1) is 0 Å². The van der Waals surface area contributed by atoms with Crippen LogP contribution in [0.2, 0.25) is 0 Å². The van der Waals surface area contributed by atoms with E-state index in [0.717, 1.165) is 75.5 Å². The van der Waals surface area contributed by atoms with Crippen LogP contribution in [0.1, 0.15) is 363 Å². The fourth-order valence-corrected chi connectivity index (χ4v) is 10.0. The van der Waals surface area contributed by atoms with E-state index in [1.54, 1.807) is 0 Å². The van der Waals surface area contributed by atoms with Gasteiger partial charge in [-0.2, -0.15) is 0 Å². The zero-order valence-electron chi connectivity index (χ0n) is 49.0. The Balaban J connectivity index is 4.30. The van der Waals surface area contributed by atoms with Crippen LogP contribution in [0, 0.1) is 17.8 Å². The number of esters is 3. The fourth-order valence-electron chi connectivity index (χ4n) is 10.0. The highest BCUT2D eigenvalue weighted by Crippen LogP contribution is 2.19. The van der Waals surface area contributed by atoms with Gasteiger partial charge in [-0.3, -0.25) is 14.4 Å². The minimum Gasteiger partial charge on any atom is -0.462 e. The maximum absolute atomic E-state index is 12.9. The van der Waals surface area contributed by atoms with Gasteiger partial charge in [-0.25, -0.2) is 0 Å². The Hall–Kier alpha value is -1.59. The number of unbranched alkanes of at least 4 members (excludes halogenated alkanes) is 40. The summed E-state index contributed by atoms with van der Waals surface area (Å²) < 4.78 is 17.0. The SMILES string of the molecule is CCC(C)CCCCCCCCCCCCCCCCC(=O)OC[C@H](COC(=O)CCCCCCCCCCCCCCCCCC(C)C)OC(=O)CCCCCCCCCCCCCCCCC(C)C. The third-order valence-electron chi connectivity index (χ3n) is 15.3. The molecule has 0 fully saturated rings. The van der Waals surface area contributed by atoms with Crippen LogP contribution in [-0.4, -0.2) is 37.2 Å². The third kappa shape index (κ3) is 57.5. The maximum atomic E-state index is 12.9. The molecule has 0 heterocycles. The van der Waals surface area contributed by atoms with E-state index in [1.165, 1.54) is 244 Å². The molecular weight excluding hydrogens is 877 g/mol. The minimum atomic E-state index is -0.765. The van der Waals surface area contributed by atoms with Crippen molar-refractivity contribution in [3.05, 3.63) is 0 Å². The number of hydrogen-bond acceptors (Lipinski definition) is 6. The molecule has 0 N–H and O–H groups in total. The van der Waals surface area contributed by atoms with Crippen molar-refractivity contribution in [1.29, 1.82) is 0 Å². The lowest BCUT2D eigenvalue weighted by Crippen LogP contribution is -2.30. The quantitative estimate of drug-likeness (QED) is 0.0343. The molecule has 2 atom stereocenters. The number of carbonyl (C=O) groups is 3. The highest BCUT2D eigenvalue weighted by atomic mass is 16.6. The highest BCUT2D eigenvalue weighted by Gasteiger charge is 2.19. The third-order valence-corrected chi connectivity index (χ3v) is 15.3. The highest BCUT2D eigenvalue weighted by molar-refractivity contribution is 5.71. The Morgan fingerprint density at radius 2 is 0.493 bits per heavy atom. The molecular formula is C65H126O6. The molecule has 0 aliphatic carbocycles. The van der Waals surface area contributed by atoms with Crippen LogP contribution in [0.25, 0.3) is 0 Å². The lowest BCUT2D eigenvalue weighted by Gasteiger charge is -2.18. The molecule has 0 saturated carbocycles. The van der Waals surface area contributed by atoms with Gasteiger partial charge in [0.25, 0.3) is 0 Å². The van der Waals surface area contributed by atoms with Crippen molar-refractivity contribution in [2.24, 2.45) is 17.8 Å². The Morgan fingerprint density at radius 3 is 0.732 bits per heavy atom. The lowest BCUT2D eigenvalue weighted by atomic mass is 9.99. The monoisotopic (exact) mass is 1000 g/mol. The van der Waals surface area contributed by atoms with Gasteiger partial charge in [-0.05, 0) is 37.0 Å². The van der Waals surface area contributed by atoms with Crippen molar-refractivity contribution in [1.82, 2.24) is 0 Å². The number of rotatable bonds is 58. The van der Waals surface area contributed by atoms with Crippen LogP contribution in [0.3, 0.4) is 0 Å². The number of carbonyl (C=O) groups excluding carboxylic acids is 3. The molecule has 0 amide bonds. The second-order valence-electron chi connectivity index (χ2n) is 23.6. The summed E-state index contributed by atoms with van der Waals surface area (Å²) in [5, 5.41) is 0. The molecule has 6 nitrogen and oxygen atoms in total. The molecule has 0 spiro atoms. The molecule has 0 bridgehead atoms. The Kier molecular flexibility index (Phi) is 54.9. The van der Waals surface area contributed by atoms with Crippen LogP contribution in [0.4, 0.5) is 0 Å². The summed E-state index contributed by atoms with van der Waals surface area (Å²) in [7, 11) is 0. The van der Waals surface area contributed by atoms with Gasteiger partial charge in [0.2, 0.25) is 0 Å². The van der Waals surface area contributed by atoms with Crippen molar-refractivity contribution >= 4 is 17.9 Å². The first-order valence-corrected chi connectivity index (χ1v) is 32.1. The predicted octanol–water partition coefficient (Wildman–Crippen LogP) is 21.5. The first-order chi connectivity index (χ1) is 34.6. The van der Waals surface area contributed by atoms with E-state index in [2.05, 4.69) is 41.5 Å². The van der Waals surface area contributed by atoms with E-state index in [-0.39, 0.29) is 31.1 Å². The molecule has 0 aromatic heterocycles. The van der Waals surface area contributed by atoms with Crippen LogP contribution in [0.5, 0.6) is 0 Å². The van der Waals surface area contributed by atoms with E-state index >= 15 is 0 Å². The first-order valence-electron chi connectivity index (χ1n) is 32.1. The van der Waals surface area contributed by atoms with E-state index in [0.29, 0.717) is 19.3 Å². The maximum Gasteiger partial charge on any atom is 0.306 e. The van der Waals surface area contributed by atoms with Crippen molar-refractivity contribution in [3.63, 3.8) is 0 Å². The van der Waals surface area contributed by atoms with Crippen molar-refractivity contribution < 1.29 is 28.6 Å². The Labute approximate surface area is 444 Å². The standard InChI is InChI=1S/C65H126O6/c1-7-61(6)53-47-41-35-29-23-17-12-14-19-25-31-37-43-49-55-64(67)70-58-62(71-65(68)56-50-44-38-32-26-20-13-11-16-22-28-34-40-46-52-60(4)5)57-69-63(66)54-48-42-36-30-24-18-10-8-9-15-21-27-33-39-45-51-59(2)3/h59-62H,7-58H2,1-6H3/t61?,62-/m0/s1. The summed E-state index contributed by atoms with van der Waals surface area (Å²) in [5.74, 6) is 1.75. The molecule has 0 saturated heterocycles. The molecule has 0 rings (SSSR count). The van der Waals surface area contributed by atoms with E-state index in [9.17, 15) is 14.4 Å². The zero-order valence-corrected chi connectivity index (χ0v) is 49.0. The van der Waals surface area contributed by atoms with Crippen LogP contribution in [0.15, 0.2) is 0 Å². The van der Waals surface area contributed by atoms with Gasteiger partial charge in [0.05, 0.1) is 0 Å². The average Bonchev–Trinajstić information content (AvgIpc) is 3.35. The first kappa shape index (κ1) is 69.4. The smallest absolute Gasteiger partial charge is 0.306 e. The molecule has 6 heteroatoms. The van der Waals surface area contributed by atoms with Gasteiger partial charge in [0.15, 0.2) is 6.10 Å². The predicted molar refractivity (Wildman–Crippen MR) is 307 cm³/mol. The van der Waals surface area contributed by atoms with E-state index < -0.39 is 6.10 Å². The molecule has 0 aliphatic heterocycles. The minimum absolute atomic E-state index is 0.0625. The lowest BCUT2D eigenvalue weighted by molar-refractivity contribution is -0.167. The van der Waals surface area contributed by atoms with Crippen LogP contribution in [-0.2, 0) is 28.6 Å². The summed E-state index contributed by atoms with van der Waals surface area (Å²) in [6.45, 7) is 13.8. The van der Waals surface area contributed by atoms with Crippen LogP contribution < -0.4 is 0 Å². The molecule has 1 unspecified atom stereocenters. The van der Waals surface area contributed by atoms with Gasteiger partial charge in [-0.1, -0.05) is 324 Å². The van der Waals surface area contributed by atoms with E-state index in [1.807, 2.05) is 0 Å². The van der Waals surface area contributed by atoms with Gasteiger partial charge in [0, 0.05) is 19.3 Å². The van der Waals surface area contributed by atoms with Crippen LogP contribution >= 0.6 is 0 Å². The van der Waals surface area contributed by atoms with E-state index in [4.69, 9.17) is 14.2 Å². The summed E-state index contributed by atoms with van der Waals surface area (Å²) in [6, 6.07) is 0. The molecule has 0 aromatic rings. The van der Waals surface area contributed by atoms with Gasteiger partial charge in [0.1, 0.15) is 13.2 Å². The number of hydrogen-bond donors (Lipinski definition) is 0. The topological polar surface area (TPSA) is 78.9 Å². The normalized spacial score (nSPS) is 12.5. The average molecular weight is 1000 g/mol. The van der Waals surface area contributed by atoms with Crippen molar-refractivity contribution in [3.8, 4) is 0 Å². The summed E-state index contributed by atoms with van der Waals surface area (Å²) in [5.41, 5.74) is 0. The van der Waals surface area contributed by atoms with Crippen molar-refractivity contribution in [2.75, 3.05) is 13.2 Å². The second kappa shape index (κ2) is 56.1. The second-order valence-corrected chi connectivity index (χ2v) is 23.6. The Bertz CT molecular complexity index is 1100. The molecule has 71 heavy (non-hydrogen) atoms. The number of ether oxygens (including phenoxy) is 3. The summed E-state index contributed by atoms with van der Waals surface area (Å²) in [6.07, 6.45) is 60.9. The summed E-state index contributed by atoms with van der Waals surface area (Å²) >= 11 is 0. The Morgan fingerprint density at radius 1 is 0.282 bits per heavy atom. The van der Waals surface area contributed by atoms with Crippen molar-refractivity contribution in [2.45, 2.75) is 369 Å². The molecule has 0 aromatic carbocycles. The zero-order chi connectivity index (χ0) is 51.9. The largest absolute Gasteiger partial charge is 0.462 e. The summed E-state index contributed by atoms with van der Waals surface area (Å²) in [4.78, 5) is 38.3. The van der Waals surface area contributed by atoms with Gasteiger partial charge < -0.3 is 14.2 Å².